The number of hydrogen-bond donors (Lipinski definition) is 1. The van der Waals surface area contributed by atoms with Crippen LogP contribution in [0.15, 0.2) is 24.4 Å². The van der Waals surface area contributed by atoms with Gasteiger partial charge in [0.15, 0.2) is 0 Å². The van der Waals surface area contributed by atoms with Gasteiger partial charge in [-0.1, -0.05) is 17.7 Å². The monoisotopic (exact) mass is 314 g/mol. The molecule has 0 spiro atoms. The largest absolute Gasteiger partial charge is 0.347 e. The molecule has 124 valence electrons. The number of benzene rings is 1. The highest BCUT2D eigenvalue weighted by atomic mass is 16.2. The lowest BCUT2D eigenvalue weighted by Gasteiger charge is -2.26. The number of aryl methyl sites for hydroxylation is 2. The van der Waals surface area contributed by atoms with E-state index in [4.69, 9.17) is 0 Å². The summed E-state index contributed by atoms with van der Waals surface area (Å²) in [5.41, 5.74) is 5.72. The van der Waals surface area contributed by atoms with Gasteiger partial charge in [-0.25, -0.2) is 0 Å². The van der Waals surface area contributed by atoms with E-state index in [2.05, 4.69) is 42.2 Å². The minimum Gasteiger partial charge on any atom is -0.347 e. The molecule has 1 atom stereocenters. The first kappa shape index (κ1) is 17.2. The van der Waals surface area contributed by atoms with Gasteiger partial charge in [-0.2, -0.15) is 5.10 Å². The summed E-state index contributed by atoms with van der Waals surface area (Å²) < 4.78 is 0. The van der Waals surface area contributed by atoms with Crippen molar-refractivity contribution in [2.75, 3.05) is 21.1 Å². The third-order valence-corrected chi connectivity index (χ3v) is 4.26. The first-order valence-electron chi connectivity index (χ1n) is 7.82. The quantitative estimate of drug-likeness (QED) is 0.923. The number of rotatable bonds is 5. The number of carbonyl (C=O) groups excluding carboxylic acids is 1. The van der Waals surface area contributed by atoms with Crippen LogP contribution in [0.25, 0.3) is 11.3 Å². The van der Waals surface area contributed by atoms with Crippen molar-refractivity contribution in [1.29, 1.82) is 0 Å². The van der Waals surface area contributed by atoms with E-state index in [0.717, 1.165) is 16.8 Å². The minimum atomic E-state index is -0.175. The topological polar surface area (TPSA) is 52.2 Å². The van der Waals surface area contributed by atoms with Gasteiger partial charge in [0.2, 0.25) is 5.91 Å². The Kier molecular flexibility index (Phi) is 5.21. The van der Waals surface area contributed by atoms with Crippen molar-refractivity contribution in [3.63, 3.8) is 0 Å². The summed E-state index contributed by atoms with van der Waals surface area (Å²) in [5, 5.41) is 7.33. The Balaban J connectivity index is 2.25. The van der Waals surface area contributed by atoms with E-state index < -0.39 is 0 Å². The summed E-state index contributed by atoms with van der Waals surface area (Å²) in [7, 11) is 5.53. The van der Waals surface area contributed by atoms with Crippen LogP contribution in [0.3, 0.4) is 0 Å². The Morgan fingerprint density at radius 2 is 1.96 bits per heavy atom. The Bertz CT molecular complexity index is 690. The standard InChI is InChI=1S/C18H26N4O/c1-12-7-8-13(2)16(9-12)17-15(10-19-20-17)11-22(6)14(3)18(23)21(4)5/h7-10,14H,11H2,1-6H3,(H,19,20)/t14-/m1/s1. The molecule has 0 bridgehead atoms. The van der Waals surface area contributed by atoms with Gasteiger partial charge in [0.25, 0.3) is 0 Å². The molecular formula is C18H26N4O. The number of H-pyrrole nitrogens is 1. The molecule has 1 amide bonds. The van der Waals surface area contributed by atoms with Gasteiger partial charge in [0.1, 0.15) is 0 Å². The zero-order chi connectivity index (χ0) is 17.1. The zero-order valence-electron chi connectivity index (χ0n) is 14.8. The highest BCUT2D eigenvalue weighted by molar-refractivity contribution is 5.81. The van der Waals surface area contributed by atoms with Crippen LogP contribution >= 0.6 is 0 Å². The van der Waals surface area contributed by atoms with Crippen LogP contribution in [0.2, 0.25) is 0 Å². The van der Waals surface area contributed by atoms with Crippen LogP contribution in [0.4, 0.5) is 0 Å². The fraction of sp³-hybridized carbons (Fsp3) is 0.444. The minimum absolute atomic E-state index is 0.101. The molecule has 0 saturated carbocycles. The molecule has 0 aliphatic carbocycles. The summed E-state index contributed by atoms with van der Waals surface area (Å²) >= 11 is 0. The van der Waals surface area contributed by atoms with Crippen LogP contribution < -0.4 is 0 Å². The zero-order valence-corrected chi connectivity index (χ0v) is 14.8. The van der Waals surface area contributed by atoms with Gasteiger partial charge in [-0.05, 0) is 39.4 Å². The molecule has 0 fully saturated rings. The molecule has 2 rings (SSSR count). The predicted octanol–water partition coefficient (Wildman–Crippen LogP) is 2.60. The van der Waals surface area contributed by atoms with E-state index in [1.807, 2.05) is 25.1 Å². The van der Waals surface area contributed by atoms with Crippen molar-refractivity contribution in [2.24, 2.45) is 0 Å². The van der Waals surface area contributed by atoms with E-state index in [9.17, 15) is 4.79 Å². The van der Waals surface area contributed by atoms with E-state index in [1.165, 1.54) is 11.1 Å². The average Bonchev–Trinajstić information content (AvgIpc) is 2.95. The van der Waals surface area contributed by atoms with Crippen LogP contribution in [0.1, 0.15) is 23.6 Å². The summed E-state index contributed by atoms with van der Waals surface area (Å²) in [6.07, 6.45) is 1.85. The van der Waals surface area contributed by atoms with Gasteiger partial charge in [-0.3, -0.25) is 14.8 Å². The Morgan fingerprint density at radius 1 is 1.26 bits per heavy atom. The van der Waals surface area contributed by atoms with E-state index >= 15 is 0 Å². The summed E-state index contributed by atoms with van der Waals surface area (Å²) in [5.74, 6) is 0.101. The highest BCUT2D eigenvalue weighted by Gasteiger charge is 2.21. The number of aromatic amines is 1. The van der Waals surface area contributed by atoms with Gasteiger partial charge in [0, 0.05) is 31.8 Å². The molecule has 5 nitrogen and oxygen atoms in total. The lowest BCUT2D eigenvalue weighted by Crippen LogP contribution is -2.42. The fourth-order valence-corrected chi connectivity index (χ4v) is 2.64. The molecule has 0 aliphatic heterocycles. The molecule has 5 heteroatoms. The maximum absolute atomic E-state index is 12.1. The lowest BCUT2D eigenvalue weighted by molar-refractivity contribution is -0.133. The number of amides is 1. The molecule has 1 N–H and O–H groups in total. The maximum atomic E-state index is 12.1. The van der Waals surface area contributed by atoms with E-state index in [1.54, 1.807) is 19.0 Å². The lowest BCUT2D eigenvalue weighted by atomic mass is 10.00. The highest BCUT2D eigenvalue weighted by Crippen LogP contribution is 2.26. The Morgan fingerprint density at radius 3 is 2.61 bits per heavy atom. The molecule has 23 heavy (non-hydrogen) atoms. The van der Waals surface area contributed by atoms with Crippen molar-refractivity contribution in [2.45, 2.75) is 33.4 Å². The molecule has 1 aromatic carbocycles. The predicted molar refractivity (Wildman–Crippen MR) is 93.1 cm³/mol. The van der Waals surface area contributed by atoms with Crippen LogP contribution in [0.5, 0.6) is 0 Å². The number of hydrogen-bond acceptors (Lipinski definition) is 3. The third kappa shape index (κ3) is 3.79. The second-order valence-corrected chi connectivity index (χ2v) is 6.41. The number of likely N-dealkylation sites (N-methyl/N-ethyl adjacent to an activating group) is 2. The van der Waals surface area contributed by atoms with Crippen molar-refractivity contribution >= 4 is 5.91 Å². The van der Waals surface area contributed by atoms with Crippen LogP contribution in [0, 0.1) is 13.8 Å². The van der Waals surface area contributed by atoms with Crippen LogP contribution in [-0.2, 0) is 11.3 Å². The normalized spacial score (nSPS) is 12.5. The molecule has 0 aliphatic rings. The molecular weight excluding hydrogens is 288 g/mol. The van der Waals surface area contributed by atoms with Crippen LogP contribution in [-0.4, -0.2) is 53.1 Å². The summed E-state index contributed by atoms with van der Waals surface area (Å²) in [6.45, 7) is 6.78. The van der Waals surface area contributed by atoms with Gasteiger partial charge < -0.3 is 4.90 Å². The van der Waals surface area contributed by atoms with E-state index in [0.29, 0.717) is 6.54 Å². The maximum Gasteiger partial charge on any atom is 0.239 e. The smallest absolute Gasteiger partial charge is 0.239 e. The Hall–Kier alpha value is -2.14. The molecule has 0 radical (unpaired) electrons. The van der Waals surface area contributed by atoms with Gasteiger partial charge in [0.05, 0.1) is 17.9 Å². The molecule has 1 heterocycles. The van der Waals surface area contributed by atoms with Gasteiger partial charge in [-0.15, -0.1) is 0 Å². The van der Waals surface area contributed by atoms with Crippen molar-refractivity contribution < 1.29 is 4.79 Å². The summed E-state index contributed by atoms with van der Waals surface area (Å²) in [4.78, 5) is 15.8. The van der Waals surface area contributed by atoms with Crippen molar-refractivity contribution in [3.05, 3.63) is 41.1 Å². The van der Waals surface area contributed by atoms with Gasteiger partial charge >= 0.3 is 0 Å². The molecule has 2 aromatic rings. The Labute approximate surface area is 138 Å². The number of carbonyl (C=O) groups is 1. The summed E-state index contributed by atoms with van der Waals surface area (Å²) in [6, 6.07) is 6.22. The van der Waals surface area contributed by atoms with Crippen molar-refractivity contribution in [3.8, 4) is 11.3 Å². The number of nitrogens with one attached hydrogen (secondary N) is 1. The molecule has 0 unspecified atom stereocenters. The van der Waals surface area contributed by atoms with Crippen molar-refractivity contribution in [1.82, 2.24) is 20.0 Å². The number of nitrogens with zero attached hydrogens (tertiary/aromatic N) is 3. The second-order valence-electron chi connectivity index (χ2n) is 6.41. The second kappa shape index (κ2) is 6.96. The first-order chi connectivity index (χ1) is 10.8. The average molecular weight is 314 g/mol. The molecule has 1 aromatic heterocycles. The van der Waals surface area contributed by atoms with E-state index in [-0.39, 0.29) is 11.9 Å². The first-order valence-corrected chi connectivity index (χ1v) is 7.82. The third-order valence-electron chi connectivity index (χ3n) is 4.26. The fourth-order valence-electron chi connectivity index (χ4n) is 2.64. The molecule has 0 saturated heterocycles. The SMILES string of the molecule is Cc1ccc(C)c(-c2[nH]ncc2CN(C)[C@H](C)C(=O)N(C)C)c1. The number of aromatic nitrogens is 2.